The number of hydrogen-bond acceptors (Lipinski definition) is 9. The number of nitrogens with one attached hydrogen (secondary N) is 2. The highest BCUT2D eigenvalue weighted by Crippen LogP contribution is 2.15. The summed E-state index contributed by atoms with van der Waals surface area (Å²) in [6.07, 6.45) is 1.98. The quantitative estimate of drug-likeness (QED) is 0.286. The maximum atomic E-state index is 13.0. The Labute approximate surface area is 195 Å². The molecule has 0 saturated carbocycles. The molecule has 0 atom stereocenters. The molecule has 10 nitrogen and oxygen atoms in total. The highest BCUT2D eigenvalue weighted by atomic mass is 19.1. The average molecular weight is 468 g/mol. The van der Waals surface area contributed by atoms with Crippen molar-refractivity contribution in [1.29, 1.82) is 0 Å². The van der Waals surface area contributed by atoms with Gasteiger partial charge in [-0.05, 0) is 55.0 Å². The first-order valence-electron chi connectivity index (χ1n) is 10.6. The van der Waals surface area contributed by atoms with Gasteiger partial charge in [-0.15, -0.1) is 0 Å². The Hall–Kier alpha value is -4.28. The Morgan fingerprint density at radius 3 is 2.47 bits per heavy atom. The van der Waals surface area contributed by atoms with Crippen LogP contribution in [0.2, 0.25) is 0 Å². The van der Waals surface area contributed by atoms with E-state index in [-0.39, 0.29) is 36.7 Å². The second-order valence-electron chi connectivity index (χ2n) is 7.14. The fraction of sp³-hybridized carbons (Fsp3) is 0.261. The monoisotopic (exact) mass is 468 g/mol. The van der Waals surface area contributed by atoms with E-state index in [0.29, 0.717) is 23.6 Å². The molecule has 178 valence electrons. The van der Waals surface area contributed by atoms with Gasteiger partial charge >= 0.3 is 5.97 Å². The lowest BCUT2D eigenvalue weighted by Gasteiger charge is -2.09. The van der Waals surface area contributed by atoms with Crippen molar-refractivity contribution in [2.24, 2.45) is 0 Å². The number of esters is 1. The first kappa shape index (κ1) is 24.4. The van der Waals surface area contributed by atoms with Gasteiger partial charge in [-0.1, -0.05) is 13.3 Å². The third-order valence-corrected chi connectivity index (χ3v) is 4.44. The molecule has 1 heterocycles. The summed E-state index contributed by atoms with van der Waals surface area (Å²) in [6.45, 7) is 2.08. The van der Waals surface area contributed by atoms with Crippen LogP contribution in [0.1, 0.15) is 35.9 Å². The molecule has 1 aromatic heterocycles. The molecule has 0 spiro atoms. The lowest BCUT2D eigenvalue weighted by Crippen LogP contribution is -2.30. The summed E-state index contributed by atoms with van der Waals surface area (Å²) in [5, 5.41) is 5.35. The Kier molecular flexibility index (Phi) is 8.67. The predicted octanol–water partition coefficient (Wildman–Crippen LogP) is 2.99. The molecule has 34 heavy (non-hydrogen) atoms. The molecule has 0 bridgehead atoms. The lowest BCUT2D eigenvalue weighted by atomic mass is 10.2. The summed E-state index contributed by atoms with van der Waals surface area (Å²) in [5.74, 6) is -0.674. The standard InChI is InChI=1S/C23H25FN6O4/c1-2-3-12-33-18-10-4-15(5-11-18)21(32)26-13-20(31)34-14-19-28-22(25)30-23(29-19)27-17-8-6-16(24)7-9-17/h4-11H,2-3,12-14H2,1H3,(H,26,32)(H3,25,27,28,29,30). The second kappa shape index (κ2) is 12.1. The molecule has 4 N–H and O–H groups in total. The molecule has 1 amide bonds. The second-order valence-corrected chi connectivity index (χ2v) is 7.14. The van der Waals surface area contributed by atoms with E-state index < -0.39 is 11.9 Å². The highest BCUT2D eigenvalue weighted by molar-refractivity contribution is 5.96. The Balaban J connectivity index is 1.46. The number of unbranched alkanes of at least 4 members (excludes halogenated alkanes) is 1. The lowest BCUT2D eigenvalue weighted by molar-refractivity contribution is -0.143. The number of nitrogens with zero attached hydrogens (tertiary/aromatic N) is 3. The molecule has 0 radical (unpaired) electrons. The van der Waals surface area contributed by atoms with Crippen LogP contribution in [0.15, 0.2) is 48.5 Å². The maximum absolute atomic E-state index is 13.0. The smallest absolute Gasteiger partial charge is 0.325 e. The Morgan fingerprint density at radius 1 is 1.03 bits per heavy atom. The molecule has 0 aliphatic carbocycles. The number of hydrogen-bond donors (Lipinski definition) is 3. The molecule has 0 fully saturated rings. The van der Waals surface area contributed by atoms with E-state index in [1.54, 1.807) is 24.3 Å². The zero-order valence-electron chi connectivity index (χ0n) is 18.6. The molecule has 0 saturated heterocycles. The van der Waals surface area contributed by atoms with Gasteiger partial charge in [-0.3, -0.25) is 9.59 Å². The molecular formula is C23H25FN6O4. The minimum Gasteiger partial charge on any atom is -0.494 e. The van der Waals surface area contributed by atoms with Gasteiger partial charge in [-0.25, -0.2) is 4.39 Å². The number of aromatic nitrogens is 3. The summed E-state index contributed by atoms with van der Waals surface area (Å²) >= 11 is 0. The molecule has 3 rings (SSSR count). The van der Waals surface area contributed by atoms with E-state index in [0.717, 1.165) is 12.8 Å². The van der Waals surface area contributed by atoms with Gasteiger partial charge in [-0.2, -0.15) is 15.0 Å². The van der Waals surface area contributed by atoms with Crippen LogP contribution in [0.25, 0.3) is 0 Å². The number of carbonyl (C=O) groups excluding carboxylic acids is 2. The summed E-state index contributed by atoms with van der Waals surface area (Å²) in [5.41, 5.74) is 6.61. The first-order valence-corrected chi connectivity index (χ1v) is 10.6. The molecule has 11 heteroatoms. The molecule has 0 aliphatic heterocycles. The number of amides is 1. The van der Waals surface area contributed by atoms with Crippen molar-refractivity contribution in [3.05, 3.63) is 65.7 Å². The van der Waals surface area contributed by atoms with Crippen LogP contribution >= 0.6 is 0 Å². The third kappa shape index (κ3) is 7.69. The van der Waals surface area contributed by atoms with E-state index in [4.69, 9.17) is 15.2 Å². The fourth-order valence-corrected chi connectivity index (χ4v) is 2.71. The minimum atomic E-state index is -0.681. The Bertz CT molecular complexity index is 1110. The number of nitrogens with two attached hydrogens (primary N) is 1. The van der Waals surface area contributed by atoms with Crippen LogP contribution in [0.3, 0.4) is 0 Å². The number of benzene rings is 2. The van der Waals surface area contributed by atoms with Crippen molar-refractivity contribution in [2.45, 2.75) is 26.4 Å². The molecule has 0 aliphatic rings. The van der Waals surface area contributed by atoms with Crippen LogP contribution < -0.4 is 21.1 Å². The summed E-state index contributed by atoms with van der Waals surface area (Å²) in [7, 11) is 0. The largest absolute Gasteiger partial charge is 0.494 e. The van der Waals surface area contributed by atoms with Gasteiger partial charge in [0.1, 0.15) is 18.1 Å². The maximum Gasteiger partial charge on any atom is 0.325 e. The van der Waals surface area contributed by atoms with E-state index in [1.807, 2.05) is 0 Å². The number of carbonyl (C=O) groups is 2. The SMILES string of the molecule is CCCCOc1ccc(C(=O)NCC(=O)OCc2nc(N)nc(Nc3ccc(F)cc3)n2)cc1. The van der Waals surface area contributed by atoms with Crippen LogP contribution in [0.5, 0.6) is 5.75 Å². The van der Waals surface area contributed by atoms with E-state index in [9.17, 15) is 14.0 Å². The fourth-order valence-electron chi connectivity index (χ4n) is 2.71. The number of halogens is 1. The van der Waals surface area contributed by atoms with Crippen LogP contribution in [-0.2, 0) is 16.1 Å². The number of anilines is 3. The van der Waals surface area contributed by atoms with Gasteiger partial charge in [0, 0.05) is 11.3 Å². The average Bonchev–Trinajstić information content (AvgIpc) is 2.83. The molecule has 2 aromatic carbocycles. The van der Waals surface area contributed by atoms with E-state index in [2.05, 4.69) is 32.5 Å². The van der Waals surface area contributed by atoms with Crippen LogP contribution in [0.4, 0.5) is 22.0 Å². The molecule has 3 aromatic rings. The van der Waals surface area contributed by atoms with Crippen molar-refractivity contribution in [1.82, 2.24) is 20.3 Å². The first-order chi connectivity index (χ1) is 16.4. The third-order valence-electron chi connectivity index (χ3n) is 4.44. The van der Waals surface area contributed by atoms with Crippen molar-refractivity contribution < 1.29 is 23.5 Å². The van der Waals surface area contributed by atoms with Crippen molar-refractivity contribution >= 4 is 29.5 Å². The highest BCUT2D eigenvalue weighted by Gasteiger charge is 2.12. The number of nitrogen functional groups attached to an aromatic ring is 1. The molecule has 0 unspecified atom stereocenters. The molecular weight excluding hydrogens is 443 g/mol. The number of ether oxygens (including phenoxy) is 2. The minimum absolute atomic E-state index is 0.0823. The topological polar surface area (TPSA) is 141 Å². The van der Waals surface area contributed by atoms with Gasteiger partial charge in [0.05, 0.1) is 6.61 Å². The van der Waals surface area contributed by atoms with Crippen molar-refractivity contribution in [2.75, 3.05) is 24.2 Å². The summed E-state index contributed by atoms with van der Waals surface area (Å²) in [4.78, 5) is 36.3. The van der Waals surface area contributed by atoms with E-state index in [1.165, 1.54) is 24.3 Å². The van der Waals surface area contributed by atoms with Crippen LogP contribution in [-0.4, -0.2) is 40.0 Å². The zero-order valence-corrected chi connectivity index (χ0v) is 18.6. The van der Waals surface area contributed by atoms with Crippen molar-refractivity contribution in [3.8, 4) is 5.75 Å². The summed E-state index contributed by atoms with van der Waals surface area (Å²) < 4.78 is 23.7. The summed E-state index contributed by atoms with van der Waals surface area (Å²) in [6, 6.07) is 12.2. The van der Waals surface area contributed by atoms with Gasteiger partial charge in [0.25, 0.3) is 5.91 Å². The van der Waals surface area contributed by atoms with Gasteiger partial charge < -0.3 is 25.8 Å². The van der Waals surface area contributed by atoms with Crippen LogP contribution in [0, 0.1) is 5.82 Å². The predicted molar refractivity (Wildman–Crippen MR) is 123 cm³/mol. The normalized spacial score (nSPS) is 10.4. The van der Waals surface area contributed by atoms with Gasteiger partial charge in [0.15, 0.2) is 12.4 Å². The number of rotatable bonds is 11. The van der Waals surface area contributed by atoms with E-state index >= 15 is 0 Å². The zero-order chi connectivity index (χ0) is 24.3. The van der Waals surface area contributed by atoms with Crippen molar-refractivity contribution in [3.63, 3.8) is 0 Å². The Morgan fingerprint density at radius 2 is 1.76 bits per heavy atom. The van der Waals surface area contributed by atoms with Gasteiger partial charge in [0.2, 0.25) is 11.9 Å².